The van der Waals surface area contributed by atoms with E-state index in [0.29, 0.717) is 12.1 Å². The molecular formula is C16H20N4O3S. The van der Waals surface area contributed by atoms with Crippen LogP contribution in [0.1, 0.15) is 16.8 Å². The molecule has 0 aliphatic rings. The second-order valence-corrected chi connectivity index (χ2v) is 6.85. The predicted octanol–water partition coefficient (Wildman–Crippen LogP) is 1.17. The van der Waals surface area contributed by atoms with Crippen molar-refractivity contribution in [3.63, 3.8) is 0 Å². The van der Waals surface area contributed by atoms with Crippen LogP contribution in [0.15, 0.2) is 60.5 Å². The lowest BCUT2D eigenvalue weighted by atomic mass is 10.2. The van der Waals surface area contributed by atoms with Gasteiger partial charge < -0.3 is 9.88 Å². The van der Waals surface area contributed by atoms with E-state index in [1.165, 1.54) is 18.2 Å². The molecule has 7 nitrogen and oxygen atoms in total. The van der Waals surface area contributed by atoms with Crippen molar-refractivity contribution >= 4 is 15.9 Å². The first kappa shape index (κ1) is 17.9. The van der Waals surface area contributed by atoms with Crippen LogP contribution < -0.4 is 10.0 Å². The van der Waals surface area contributed by atoms with Crippen LogP contribution in [-0.4, -0.2) is 37.0 Å². The summed E-state index contributed by atoms with van der Waals surface area (Å²) < 4.78 is 28.4. The fraction of sp³-hybridized carbons (Fsp3) is 0.250. The zero-order chi connectivity index (χ0) is 17.4. The zero-order valence-electron chi connectivity index (χ0n) is 13.2. The summed E-state index contributed by atoms with van der Waals surface area (Å²) in [4.78, 5) is 16.1. The Hall–Kier alpha value is -2.45. The first-order chi connectivity index (χ1) is 11.5. The molecule has 0 saturated carbocycles. The van der Waals surface area contributed by atoms with Crippen LogP contribution in [0.3, 0.4) is 0 Å². The summed E-state index contributed by atoms with van der Waals surface area (Å²) in [6.07, 6.45) is 7.47. The largest absolute Gasteiger partial charge is 0.352 e. The maximum atomic E-state index is 12.1. The first-order valence-electron chi connectivity index (χ1n) is 7.47. The molecule has 0 atom stereocenters. The van der Waals surface area contributed by atoms with Gasteiger partial charge in [-0.3, -0.25) is 4.79 Å². The number of nitrogens with zero attached hydrogens (tertiary/aromatic N) is 2. The lowest BCUT2D eigenvalue weighted by Gasteiger charge is -2.08. The number of hydrogen-bond acceptors (Lipinski definition) is 4. The van der Waals surface area contributed by atoms with Crippen molar-refractivity contribution in [3.05, 3.63) is 61.2 Å². The Labute approximate surface area is 141 Å². The smallest absolute Gasteiger partial charge is 0.251 e. The molecule has 0 spiro atoms. The monoisotopic (exact) mass is 348 g/mol. The third kappa shape index (κ3) is 5.04. The summed E-state index contributed by atoms with van der Waals surface area (Å²) in [5.74, 6) is -0.304. The molecule has 0 bridgehead atoms. The van der Waals surface area contributed by atoms with Crippen LogP contribution in [0.25, 0.3) is 0 Å². The van der Waals surface area contributed by atoms with E-state index in [-0.39, 0.29) is 17.3 Å². The number of amides is 1. The molecule has 2 N–H and O–H groups in total. The average molecular weight is 348 g/mol. The topological polar surface area (TPSA) is 93.1 Å². The third-order valence-electron chi connectivity index (χ3n) is 3.26. The number of rotatable bonds is 9. The highest BCUT2D eigenvalue weighted by molar-refractivity contribution is 7.89. The Morgan fingerprint density at radius 2 is 2.21 bits per heavy atom. The molecule has 1 aromatic carbocycles. The van der Waals surface area contributed by atoms with E-state index in [2.05, 4.69) is 21.6 Å². The number of imidazole rings is 1. The van der Waals surface area contributed by atoms with Gasteiger partial charge in [0, 0.05) is 37.6 Å². The zero-order valence-corrected chi connectivity index (χ0v) is 14.0. The maximum Gasteiger partial charge on any atom is 0.251 e. The number of carbonyl (C=O) groups is 1. The number of nitrogens with one attached hydrogen (secondary N) is 2. The lowest BCUT2D eigenvalue weighted by molar-refractivity contribution is 0.0952. The van der Waals surface area contributed by atoms with Gasteiger partial charge in [0.1, 0.15) is 0 Å². The minimum Gasteiger partial charge on any atom is -0.352 e. The number of aryl methyl sites for hydroxylation is 1. The molecule has 0 radical (unpaired) electrons. The van der Waals surface area contributed by atoms with Gasteiger partial charge in [-0.2, -0.15) is 0 Å². The van der Waals surface area contributed by atoms with E-state index < -0.39 is 10.0 Å². The van der Waals surface area contributed by atoms with E-state index in [9.17, 15) is 13.2 Å². The van der Waals surface area contributed by atoms with Gasteiger partial charge in [-0.1, -0.05) is 12.1 Å². The molecule has 0 aliphatic heterocycles. The molecule has 128 valence electrons. The van der Waals surface area contributed by atoms with E-state index >= 15 is 0 Å². The second kappa shape index (κ2) is 8.42. The van der Waals surface area contributed by atoms with Crippen molar-refractivity contribution in [2.75, 3.05) is 13.1 Å². The van der Waals surface area contributed by atoms with E-state index in [4.69, 9.17) is 0 Å². The maximum absolute atomic E-state index is 12.1. The Balaban J connectivity index is 1.92. The fourth-order valence-electron chi connectivity index (χ4n) is 2.04. The molecule has 1 heterocycles. The third-order valence-corrected chi connectivity index (χ3v) is 4.68. The Morgan fingerprint density at radius 1 is 1.38 bits per heavy atom. The molecule has 2 rings (SSSR count). The van der Waals surface area contributed by atoms with Crippen molar-refractivity contribution in [2.24, 2.45) is 0 Å². The minimum atomic E-state index is -3.64. The summed E-state index contributed by atoms with van der Waals surface area (Å²) in [5.41, 5.74) is 0.305. The fourth-order valence-corrected chi connectivity index (χ4v) is 3.08. The van der Waals surface area contributed by atoms with Crippen molar-refractivity contribution in [1.82, 2.24) is 19.6 Å². The van der Waals surface area contributed by atoms with E-state index in [1.54, 1.807) is 24.7 Å². The van der Waals surface area contributed by atoms with Crippen molar-refractivity contribution in [1.29, 1.82) is 0 Å². The van der Waals surface area contributed by atoms with Crippen molar-refractivity contribution < 1.29 is 13.2 Å². The number of hydrogen-bond donors (Lipinski definition) is 2. The van der Waals surface area contributed by atoms with Gasteiger partial charge >= 0.3 is 0 Å². The van der Waals surface area contributed by atoms with Crippen LogP contribution >= 0.6 is 0 Å². The van der Waals surface area contributed by atoms with Crippen LogP contribution in [0, 0.1) is 0 Å². The predicted molar refractivity (Wildman–Crippen MR) is 91.0 cm³/mol. The van der Waals surface area contributed by atoms with E-state index in [0.717, 1.165) is 13.0 Å². The van der Waals surface area contributed by atoms with Crippen molar-refractivity contribution in [2.45, 2.75) is 17.9 Å². The highest BCUT2D eigenvalue weighted by atomic mass is 32.2. The Bertz CT molecular complexity index is 785. The Kier molecular flexibility index (Phi) is 6.28. The van der Waals surface area contributed by atoms with Gasteiger partial charge in [-0.15, -0.1) is 6.58 Å². The molecule has 24 heavy (non-hydrogen) atoms. The standard InChI is InChI=1S/C16H20N4O3S/c1-2-7-19-24(22,23)15-6-3-5-14(12-15)16(21)18-8-4-10-20-11-9-17-13-20/h2-3,5-6,9,11-13,19H,1,4,7-8,10H2,(H,18,21). The van der Waals surface area contributed by atoms with Crippen LogP contribution in [0.5, 0.6) is 0 Å². The van der Waals surface area contributed by atoms with Crippen LogP contribution in [0.4, 0.5) is 0 Å². The molecule has 0 fully saturated rings. The SMILES string of the molecule is C=CCNS(=O)(=O)c1cccc(C(=O)NCCCn2ccnc2)c1. The summed E-state index contributed by atoms with van der Waals surface area (Å²) in [6, 6.07) is 5.93. The summed E-state index contributed by atoms with van der Waals surface area (Å²) in [5, 5.41) is 2.78. The number of carbonyl (C=O) groups excluding carboxylic acids is 1. The molecule has 2 aromatic rings. The summed E-state index contributed by atoms with van der Waals surface area (Å²) in [7, 11) is -3.64. The first-order valence-corrected chi connectivity index (χ1v) is 8.96. The minimum absolute atomic E-state index is 0.0513. The van der Waals surface area contributed by atoms with Gasteiger partial charge in [0.15, 0.2) is 0 Å². The number of aromatic nitrogens is 2. The summed E-state index contributed by atoms with van der Waals surface area (Å²) >= 11 is 0. The number of benzene rings is 1. The van der Waals surface area contributed by atoms with Gasteiger partial charge in [0.05, 0.1) is 11.2 Å². The quantitative estimate of drug-likeness (QED) is 0.525. The molecule has 0 aliphatic carbocycles. The molecular weight excluding hydrogens is 328 g/mol. The number of sulfonamides is 1. The van der Waals surface area contributed by atoms with Gasteiger partial charge in [-0.05, 0) is 24.6 Å². The van der Waals surface area contributed by atoms with Gasteiger partial charge in [-0.25, -0.2) is 18.1 Å². The molecule has 8 heteroatoms. The highest BCUT2D eigenvalue weighted by Gasteiger charge is 2.15. The molecule has 1 amide bonds. The second-order valence-electron chi connectivity index (χ2n) is 5.08. The van der Waals surface area contributed by atoms with Gasteiger partial charge in [0.2, 0.25) is 10.0 Å². The lowest BCUT2D eigenvalue weighted by Crippen LogP contribution is -2.26. The average Bonchev–Trinajstić information content (AvgIpc) is 3.10. The molecule has 0 unspecified atom stereocenters. The van der Waals surface area contributed by atoms with Crippen LogP contribution in [-0.2, 0) is 16.6 Å². The van der Waals surface area contributed by atoms with Crippen molar-refractivity contribution in [3.8, 4) is 0 Å². The summed E-state index contributed by atoms with van der Waals surface area (Å²) in [6.45, 7) is 4.84. The molecule has 0 saturated heterocycles. The van der Waals surface area contributed by atoms with Gasteiger partial charge in [0.25, 0.3) is 5.91 Å². The normalized spacial score (nSPS) is 11.2. The van der Waals surface area contributed by atoms with E-state index in [1.807, 2.05) is 10.8 Å². The molecule has 1 aromatic heterocycles. The highest BCUT2D eigenvalue weighted by Crippen LogP contribution is 2.11. The van der Waals surface area contributed by atoms with Crippen LogP contribution in [0.2, 0.25) is 0 Å². The Morgan fingerprint density at radius 3 is 2.92 bits per heavy atom.